The van der Waals surface area contributed by atoms with Crippen LogP contribution in [0.25, 0.3) is 0 Å². The van der Waals surface area contributed by atoms with Gasteiger partial charge in [-0.1, -0.05) is 0 Å². The zero-order valence-corrected chi connectivity index (χ0v) is 9.63. The number of rotatable bonds is 3. The summed E-state index contributed by atoms with van der Waals surface area (Å²) in [5, 5.41) is 28.3. The van der Waals surface area contributed by atoms with Crippen LogP contribution in [0.1, 0.15) is 6.23 Å². The van der Waals surface area contributed by atoms with E-state index in [1.165, 1.54) is 19.4 Å². The summed E-state index contributed by atoms with van der Waals surface area (Å²) in [5.74, 6) is 0.142. The predicted octanol–water partition coefficient (Wildman–Crippen LogP) is -2.14. The summed E-state index contributed by atoms with van der Waals surface area (Å²) in [4.78, 5) is 15.3. The van der Waals surface area contributed by atoms with E-state index in [9.17, 15) is 15.0 Å². The highest BCUT2D eigenvalue weighted by atomic mass is 16.6. The van der Waals surface area contributed by atoms with Crippen LogP contribution in [0.2, 0.25) is 0 Å². The van der Waals surface area contributed by atoms with E-state index in [2.05, 4.69) is 4.98 Å². The van der Waals surface area contributed by atoms with E-state index >= 15 is 0 Å². The van der Waals surface area contributed by atoms with Gasteiger partial charge in [0, 0.05) is 12.3 Å². The molecule has 8 heteroatoms. The Bertz CT molecular complexity index is 476. The molecule has 1 aliphatic heterocycles. The number of aliphatic hydroxyl groups is 3. The molecule has 1 aromatic rings. The molecule has 0 bridgehead atoms. The number of hydrogen-bond donors (Lipinski definition) is 3. The van der Waals surface area contributed by atoms with Crippen molar-refractivity contribution in [2.45, 2.75) is 24.5 Å². The van der Waals surface area contributed by atoms with Crippen molar-refractivity contribution in [3.8, 4) is 5.88 Å². The molecule has 1 aromatic heterocycles. The molecule has 8 nitrogen and oxygen atoms in total. The molecular formula is C10H14N2O6. The lowest BCUT2D eigenvalue weighted by Gasteiger charge is -2.16. The van der Waals surface area contributed by atoms with Crippen LogP contribution in [0.3, 0.4) is 0 Å². The molecule has 0 spiro atoms. The van der Waals surface area contributed by atoms with Gasteiger partial charge in [-0.2, -0.15) is 4.98 Å². The first kappa shape index (κ1) is 13.0. The second-order valence-electron chi connectivity index (χ2n) is 3.89. The minimum Gasteiger partial charge on any atom is -0.481 e. The average Bonchev–Trinajstić information content (AvgIpc) is 2.66. The van der Waals surface area contributed by atoms with Crippen LogP contribution >= 0.6 is 0 Å². The van der Waals surface area contributed by atoms with Gasteiger partial charge in [-0.05, 0) is 0 Å². The number of hydrogen-bond acceptors (Lipinski definition) is 7. The predicted molar refractivity (Wildman–Crippen MR) is 58.1 cm³/mol. The second kappa shape index (κ2) is 5.02. The van der Waals surface area contributed by atoms with E-state index < -0.39 is 36.8 Å². The van der Waals surface area contributed by atoms with Gasteiger partial charge in [-0.15, -0.1) is 0 Å². The normalized spacial score (nSPS) is 31.6. The van der Waals surface area contributed by atoms with Crippen LogP contribution in [-0.4, -0.2) is 56.9 Å². The van der Waals surface area contributed by atoms with Gasteiger partial charge in [0.2, 0.25) is 5.88 Å². The van der Waals surface area contributed by atoms with Crippen molar-refractivity contribution in [2.24, 2.45) is 0 Å². The van der Waals surface area contributed by atoms with Crippen LogP contribution in [0.5, 0.6) is 5.88 Å². The second-order valence-corrected chi connectivity index (χ2v) is 3.89. The van der Waals surface area contributed by atoms with Crippen LogP contribution in [0.4, 0.5) is 0 Å². The zero-order chi connectivity index (χ0) is 13.3. The molecule has 0 saturated carbocycles. The third-order valence-electron chi connectivity index (χ3n) is 2.80. The summed E-state index contributed by atoms with van der Waals surface area (Å²) in [6.07, 6.45) is -3.24. The highest BCUT2D eigenvalue weighted by Crippen LogP contribution is 2.28. The van der Waals surface area contributed by atoms with Crippen molar-refractivity contribution in [1.29, 1.82) is 0 Å². The van der Waals surface area contributed by atoms with Crippen LogP contribution in [0.15, 0.2) is 17.1 Å². The van der Waals surface area contributed by atoms with Gasteiger partial charge >= 0.3 is 5.69 Å². The Kier molecular flexibility index (Phi) is 3.62. The van der Waals surface area contributed by atoms with Gasteiger partial charge < -0.3 is 24.8 Å². The van der Waals surface area contributed by atoms with Gasteiger partial charge in [0.25, 0.3) is 0 Å². The molecule has 100 valence electrons. The molecule has 1 aliphatic rings. The molecule has 3 N–H and O–H groups in total. The van der Waals surface area contributed by atoms with E-state index in [0.29, 0.717) is 0 Å². The third kappa shape index (κ3) is 2.10. The number of methoxy groups -OCH3 is 1. The Morgan fingerprint density at radius 1 is 1.50 bits per heavy atom. The lowest BCUT2D eigenvalue weighted by atomic mass is 10.1. The molecule has 1 saturated heterocycles. The maximum Gasteiger partial charge on any atom is 0.353 e. The summed E-state index contributed by atoms with van der Waals surface area (Å²) < 4.78 is 11.0. The Morgan fingerprint density at radius 2 is 2.22 bits per heavy atom. The fourth-order valence-corrected chi connectivity index (χ4v) is 1.81. The lowest BCUT2D eigenvalue weighted by Crippen LogP contribution is -2.35. The Balaban J connectivity index is 2.30. The first-order valence-electron chi connectivity index (χ1n) is 5.34. The molecule has 4 atom stereocenters. The largest absolute Gasteiger partial charge is 0.481 e. The molecule has 0 unspecified atom stereocenters. The van der Waals surface area contributed by atoms with Crippen LogP contribution in [-0.2, 0) is 4.74 Å². The topological polar surface area (TPSA) is 114 Å². The van der Waals surface area contributed by atoms with Gasteiger partial charge in [-0.3, -0.25) is 4.57 Å². The smallest absolute Gasteiger partial charge is 0.353 e. The first-order chi connectivity index (χ1) is 8.58. The molecule has 0 amide bonds. The van der Waals surface area contributed by atoms with E-state index in [4.69, 9.17) is 14.6 Å². The van der Waals surface area contributed by atoms with Crippen molar-refractivity contribution in [1.82, 2.24) is 9.55 Å². The van der Waals surface area contributed by atoms with Crippen molar-refractivity contribution in [2.75, 3.05) is 13.7 Å². The summed E-state index contributed by atoms with van der Waals surface area (Å²) in [5.41, 5.74) is -0.677. The van der Waals surface area contributed by atoms with Crippen molar-refractivity contribution >= 4 is 0 Å². The molecule has 1 fully saturated rings. The van der Waals surface area contributed by atoms with Gasteiger partial charge in [-0.25, -0.2) is 4.79 Å². The molecular weight excluding hydrogens is 244 g/mol. The standard InChI is InChI=1S/C10H14N2O6/c1-17-6-2-3-12(10(16)11-6)9-8(15)7(14)5(4-13)18-9/h2-3,5,7-9,13-15H,4H2,1H3/t5-,7-,8+,9-/m1/s1. The average molecular weight is 258 g/mol. The van der Waals surface area contributed by atoms with Crippen molar-refractivity contribution < 1.29 is 24.8 Å². The quantitative estimate of drug-likeness (QED) is 0.567. The monoisotopic (exact) mass is 258 g/mol. The highest BCUT2D eigenvalue weighted by molar-refractivity contribution is 5.06. The third-order valence-corrected chi connectivity index (χ3v) is 2.80. The molecule has 0 radical (unpaired) electrons. The minimum absolute atomic E-state index is 0.142. The Labute approximate surface area is 102 Å². The molecule has 0 aromatic carbocycles. The van der Waals surface area contributed by atoms with Gasteiger partial charge in [0.05, 0.1) is 13.7 Å². The number of aliphatic hydroxyl groups excluding tert-OH is 3. The minimum atomic E-state index is -1.31. The zero-order valence-electron chi connectivity index (χ0n) is 9.63. The summed E-state index contributed by atoms with van der Waals surface area (Å²) in [6.45, 7) is -0.451. The molecule has 0 aliphatic carbocycles. The SMILES string of the molecule is COc1ccn([C@@H]2O[C@H](CO)[C@@H](O)[C@@H]2O)c(=O)n1. The fourth-order valence-electron chi connectivity index (χ4n) is 1.81. The van der Waals surface area contributed by atoms with Crippen LogP contribution < -0.4 is 10.4 Å². The van der Waals surface area contributed by atoms with E-state index in [1.54, 1.807) is 0 Å². The summed E-state index contributed by atoms with van der Waals surface area (Å²) >= 11 is 0. The Hall–Kier alpha value is -1.48. The van der Waals surface area contributed by atoms with Gasteiger partial charge in [0.1, 0.15) is 18.3 Å². The Morgan fingerprint density at radius 3 is 2.72 bits per heavy atom. The number of aromatic nitrogens is 2. The molecule has 18 heavy (non-hydrogen) atoms. The number of ether oxygens (including phenoxy) is 2. The maximum atomic E-state index is 11.7. The van der Waals surface area contributed by atoms with E-state index in [1.807, 2.05) is 0 Å². The maximum absolute atomic E-state index is 11.7. The summed E-state index contributed by atoms with van der Waals surface area (Å²) in [7, 11) is 1.37. The summed E-state index contributed by atoms with van der Waals surface area (Å²) in [6, 6.07) is 1.43. The molecule has 2 rings (SSSR count). The van der Waals surface area contributed by atoms with Crippen molar-refractivity contribution in [3.05, 3.63) is 22.7 Å². The van der Waals surface area contributed by atoms with E-state index in [0.717, 1.165) is 4.57 Å². The van der Waals surface area contributed by atoms with Gasteiger partial charge in [0.15, 0.2) is 6.23 Å². The first-order valence-corrected chi connectivity index (χ1v) is 5.34. The van der Waals surface area contributed by atoms with Crippen LogP contribution in [0, 0.1) is 0 Å². The van der Waals surface area contributed by atoms with Crippen molar-refractivity contribution in [3.63, 3.8) is 0 Å². The highest BCUT2D eigenvalue weighted by Gasteiger charge is 2.43. The number of nitrogens with zero attached hydrogens (tertiary/aromatic N) is 2. The lowest BCUT2D eigenvalue weighted by molar-refractivity contribution is -0.0550. The molecule has 2 heterocycles. The van der Waals surface area contributed by atoms with E-state index in [-0.39, 0.29) is 5.88 Å². The fraction of sp³-hybridized carbons (Fsp3) is 0.600.